The molecule has 3 rings (SSSR count). The summed E-state index contributed by atoms with van der Waals surface area (Å²) in [5.74, 6) is 1.30. The zero-order valence-corrected chi connectivity index (χ0v) is 11.7. The summed E-state index contributed by atoms with van der Waals surface area (Å²) in [5, 5.41) is 7.88. The van der Waals surface area contributed by atoms with Crippen LogP contribution in [0.3, 0.4) is 0 Å². The molecule has 0 amide bonds. The van der Waals surface area contributed by atoms with Gasteiger partial charge in [-0.2, -0.15) is 4.98 Å². The molecule has 1 saturated heterocycles. The molecule has 0 unspecified atom stereocenters. The van der Waals surface area contributed by atoms with Crippen molar-refractivity contribution in [1.82, 2.24) is 24.5 Å². The van der Waals surface area contributed by atoms with Crippen LogP contribution >= 0.6 is 0 Å². The molecule has 1 aliphatic rings. The van der Waals surface area contributed by atoms with E-state index >= 15 is 0 Å². The standard InChI is InChI=1S/C13H19N7/c1-10(2)8-18-3-5-19(6-4-18)11-7-12-17-15-9-20(12)13(14)16-11/h7,9H,1,3-6,8H2,2H3,(H2,14,16). The number of aromatic nitrogens is 4. The first-order valence-corrected chi connectivity index (χ1v) is 6.71. The lowest BCUT2D eigenvalue weighted by molar-refractivity contribution is 0.278. The summed E-state index contributed by atoms with van der Waals surface area (Å²) < 4.78 is 1.68. The molecule has 0 atom stereocenters. The van der Waals surface area contributed by atoms with Gasteiger partial charge in [-0.1, -0.05) is 12.2 Å². The number of hydrogen-bond acceptors (Lipinski definition) is 6. The van der Waals surface area contributed by atoms with Gasteiger partial charge in [0, 0.05) is 38.8 Å². The Balaban J connectivity index is 1.74. The second kappa shape index (κ2) is 5.09. The van der Waals surface area contributed by atoms with Crippen molar-refractivity contribution < 1.29 is 0 Å². The maximum Gasteiger partial charge on any atom is 0.209 e. The van der Waals surface area contributed by atoms with Gasteiger partial charge >= 0.3 is 0 Å². The van der Waals surface area contributed by atoms with E-state index in [9.17, 15) is 0 Å². The van der Waals surface area contributed by atoms with E-state index in [1.165, 1.54) is 5.57 Å². The first-order valence-electron chi connectivity index (χ1n) is 6.71. The topological polar surface area (TPSA) is 75.6 Å². The molecular weight excluding hydrogens is 254 g/mol. The van der Waals surface area contributed by atoms with Gasteiger partial charge in [0.15, 0.2) is 5.65 Å². The van der Waals surface area contributed by atoms with Crippen LogP contribution < -0.4 is 10.6 Å². The molecule has 0 radical (unpaired) electrons. The van der Waals surface area contributed by atoms with Gasteiger partial charge in [0.05, 0.1) is 0 Å². The van der Waals surface area contributed by atoms with E-state index in [1.54, 1.807) is 10.7 Å². The minimum absolute atomic E-state index is 0.423. The molecule has 1 aliphatic heterocycles. The highest BCUT2D eigenvalue weighted by Crippen LogP contribution is 2.18. The summed E-state index contributed by atoms with van der Waals surface area (Å²) in [7, 11) is 0. The van der Waals surface area contributed by atoms with Crippen LogP contribution in [-0.2, 0) is 0 Å². The van der Waals surface area contributed by atoms with Crippen molar-refractivity contribution in [2.45, 2.75) is 6.92 Å². The highest BCUT2D eigenvalue weighted by atomic mass is 15.3. The first-order chi connectivity index (χ1) is 9.63. The summed E-state index contributed by atoms with van der Waals surface area (Å²) in [5.41, 5.74) is 7.86. The van der Waals surface area contributed by atoms with Crippen LogP contribution in [-0.4, -0.2) is 57.2 Å². The Labute approximate surface area is 117 Å². The van der Waals surface area contributed by atoms with Crippen LogP contribution in [0.5, 0.6) is 0 Å². The van der Waals surface area contributed by atoms with E-state index in [0.717, 1.165) is 44.2 Å². The van der Waals surface area contributed by atoms with Gasteiger partial charge in [-0.05, 0) is 6.92 Å². The van der Waals surface area contributed by atoms with Gasteiger partial charge in [-0.25, -0.2) is 0 Å². The van der Waals surface area contributed by atoms with Crippen molar-refractivity contribution in [2.75, 3.05) is 43.4 Å². The Morgan fingerprint density at radius 3 is 2.80 bits per heavy atom. The lowest BCUT2D eigenvalue weighted by Gasteiger charge is -2.35. The van der Waals surface area contributed by atoms with Crippen molar-refractivity contribution in [2.24, 2.45) is 0 Å². The third-order valence-corrected chi connectivity index (χ3v) is 3.50. The molecule has 0 aromatic carbocycles. The van der Waals surface area contributed by atoms with E-state index in [1.807, 2.05) is 6.07 Å². The lowest BCUT2D eigenvalue weighted by atomic mass is 10.2. The first kappa shape index (κ1) is 12.9. The number of hydrogen-bond donors (Lipinski definition) is 1. The van der Waals surface area contributed by atoms with E-state index in [-0.39, 0.29) is 0 Å². The molecule has 3 heterocycles. The van der Waals surface area contributed by atoms with E-state index < -0.39 is 0 Å². The molecule has 2 N–H and O–H groups in total. The molecule has 2 aromatic rings. The average Bonchev–Trinajstić information content (AvgIpc) is 2.87. The molecule has 0 bridgehead atoms. The van der Waals surface area contributed by atoms with Crippen LogP contribution in [0, 0.1) is 0 Å². The molecule has 1 fully saturated rings. The van der Waals surface area contributed by atoms with Crippen molar-refractivity contribution in [1.29, 1.82) is 0 Å². The predicted molar refractivity (Wildman–Crippen MR) is 78.7 cm³/mol. The summed E-state index contributed by atoms with van der Waals surface area (Å²) in [6.07, 6.45) is 1.58. The van der Waals surface area contributed by atoms with Gasteiger partial charge < -0.3 is 10.6 Å². The van der Waals surface area contributed by atoms with Crippen LogP contribution in [0.2, 0.25) is 0 Å². The van der Waals surface area contributed by atoms with Crippen molar-refractivity contribution >= 4 is 17.4 Å². The largest absolute Gasteiger partial charge is 0.369 e. The van der Waals surface area contributed by atoms with E-state index in [2.05, 4.69) is 38.5 Å². The molecule has 2 aromatic heterocycles. The zero-order chi connectivity index (χ0) is 14.1. The number of nitrogens with two attached hydrogens (primary N) is 1. The van der Waals surface area contributed by atoms with Crippen LogP contribution in [0.15, 0.2) is 24.5 Å². The van der Waals surface area contributed by atoms with Gasteiger partial charge in [0.1, 0.15) is 12.1 Å². The maximum absolute atomic E-state index is 5.92. The summed E-state index contributed by atoms with van der Waals surface area (Å²) >= 11 is 0. The third kappa shape index (κ3) is 2.44. The molecule has 0 spiro atoms. The van der Waals surface area contributed by atoms with Gasteiger partial charge in [-0.3, -0.25) is 9.30 Å². The zero-order valence-electron chi connectivity index (χ0n) is 11.7. The highest BCUT2D eigenvalue weighted by Gasteiger charge is 2.19. The fourth-order valence-corrected chi connectivity index (χ4v) is 2.52. The van der Waals surface area contributed by atoms with Gasteiger partial charge in [0.25, 0.3) is 0 Å². The third-order valence-electron chi connectivity index (χ3n) is 3.50. The lowest BCUT2D eigenvalue weighted by Crippen LogP contribution is -2.47. The Kier molecular flexibility index (Phi) is 3.27. The molecule has 0 saturated carbocycles. The van der Waals surface area contributed by atoms with Crippen LogP contribution in [0.1, 0.15) is 6.92 Å². The number of fused-ring (bicyclic) bond motifs is 1. The summed E-state index contributed by atoms with van der Waals surface area (Å²) in [4.78, 5) is 9.07. The molecule has 7 heteroatoms. The second-order valence-electron chi connectivity index (χ2n) is 5.25. The van der Waals surface area contributed by atoms with Crippen LogP contribution in [0.4, 0.5) is 11.8 Å². The van der Waals surface area contributed by atoms with Gasteiger partial charge in [-0.15, -0.1) is 10.2 Å². The Morgan fingerprint density at radius 2 is 2.10 bits per heavy atom. The summed E-state index contributed by atoms with van der Waals surface area (Å²) in [6, 6.07) is 1.93. The predicted octanol–water partition coefficient (Wildman–Crippen LogP) is 0.405. The smallest absolute Gasteiger partial charge is 0.209 e. The SMILES string of the molecule is C=C(C)CN1CCN(c2cc3nncn3c(N)n2)CC1. The van der Waals surface area contributed by atoms with Crippen molar-refractivity contribution in [3.8, 4) is 0 Å². The molecule has 106 valence electrons. The van der Waals surface area contributed by atoms with Crippen LogP contribution in [0.25, 0.3) is 5.65 Å². The highest BCUT2D eigenvalue weighted by molar-refractivity contribution is 5.55. The van der Waals surface area contributed by atoms with Gasteiger partial charge in [0.2, 0.25) is 5.95 Å². The molecule has 7 nitrogen and oxygen atoms in total. The summed E-state index contributed by atoms with van der Waals surface area (Å²) in [6.45, 7) is 10.9. The maximum atomic E-state index is 5.92. The Hall–Kier alpha value is -2.15. The van der Waals surface area contributed by atoms with E-state index in [0.29, 0.717) is 5.95 Å². The second-order valence-corrected chi connectivity index (χ2v) is 5.25. The number of nitrogens with zero attached hydrogens (tertiary/aromatic N) is 6. The minimum Gasteiger partial charge on any atom is -0.369 e. The normalized spacial score (nSPS) is 16.8. The molecular formula is C13H19N7. The molecule has 0 aliphatic carbocycles. The Morgan fingerprint density at radius 1 is 1.35 bits per heavy atom. The minimum atomic E-state index is 0.423. The average molecular weight is 273 g/mol. The molecule has 20 heavy (non-hydrogen) atoms. The number of nitrogen functional groups attached to an aromatic ring is 1. The fourth-order valence-electron chi connectivity index (χ4n) is 2.52. The fraction of sp³-hybridized carbons (Fsp3) is 0.462. The Bertz CT molecular complexity index is 625. The quantitative estimate of drug-likeness (QED) is 0.816. The monoisotopic (exact) mass is 273 g/mol. The van der Waals surface area contributed by atoms with Crippen molar-refractivity contribution in [3.63, 3.8) is 0 Å². The number of piperazine rings is 1. The van der Waals surface area contributed by atoms with Crippen molar-refractivity contribution in [3.05, 3.63) is 24.5 Å². The number of rotatable bonds is 3. The van der Waals surface area contributed by atoms with E-state index in [4.69, 9.17) is 5.73 Å². The number of anilines is 2.